The summed E-state index contributed by atoms with van der Waals surface area (Å²) in [6, 6.07) is 7.04. The van der Waals surface area contributed by atoms with Gasteiger partial charge in [-0.05, 0) is 62.5 Å². The van der Waals surface area contributed by atoms with Crippen molar-refractivity contribution in [2.24, 2.45) is 0 Å². The molecule has 1 amide bonds. The first-order valence-corrected chi connectivity index (χ1v) is 7.05. The third-order valence-corrected chi connectivity index (χ3v) is 3.87. The fraction of sp³-hybridized carbons (Fsp3) is 0.0769. The summed E-state index contributed by atoms with van der Waals surface area (Å²) in [7, 11) is 0. The van der Waals surface area contributed by atoms with Crippen molar-refractivity contribution < 1.29 is 4.79 Å². The van der Waals surface area contributed by atoms with E-state index in [-0.39, 0.29) is 5.91 Å². The summed E-state index contributed by atoms with van der Waals surface area (Å²) >= 11 is 6.64. The summed E-state index contributed by atoms with van der Waals surface area (Å²) in [5.74, 6) is 0.277. The van der Waals surface area contributed by atoms with Crippen molar-refractivity contribution >= 4 is 49.3 Å². The number of benzene rings is 1. The number of anilines is 2. The van der Waals surface area contributed by atoms with Crippen LogP contribution < -0.4 is 11.1 Å². The molecule has 0 fully saturated rings. The van der Waals surface area contributed by atoms with Crippen LogP contribution in [0.3, 0.4) is 0 Å². The highest BCUT2D eigenvalue weighted by Gasteiger charge is 2.13. The second kappa shape index (κ2) is 5.71. The van der Waals surface area contributed by atoms with Crippen LogP contribution in [0.1, 0.15) is 15.9 Å². The van der Waals surface area contributed by atoms with Gasteiger partial charge in [0.25, 0.3) is 5.91 Å². The molecule has 0 bridgehead atoms. The molecule has 98 valence electrons. The van der Waals surface area contributed by atoms with Crippen LogP contribution in [-0.2, 0) is 0 Å². The Morgan fingerprint density at radius 2 is 2.11 bits per heavy atom. The number of carbonyl (C=O) groups is 1. The van der Waals surface area contributed by atoms with Crippen LogP contribution in [-0.4, -0.2) is 10.9 Å². The maximum Gasteiger partial charge on any atom is 0.258 e. The molecule has 0 aliphatic carbocycles. The first kappa shape index (κ1) is 14.0. The standard InChI is InChI=1S/C13H11Br2N3O/c1-7-5-8(14)6-17-12(7)18-13(19)9-3-2-4-10(16)11(9)15/h2-6H,16H2,1H3,(H,17,18,19). The van der Waals surface area contributed by atoms with Crippen LogP contribution in [0.4, 0.5) is 11.5 Å². The SMILES string of the molecule is Cc1cc(Br)cnc1NC(=O)c1cccc(N)c1Br. The quantitative estimate of drug-likeness (QED) is 0.774. The van der Waals surface area contributed by atoms with Gasteiger partial charge in [-0.15, -0.1) is 0 Å². The summed E-state index contributed by atoms with van der Waals surface area (Å²) < 4.78 is 1.45. The van der Waals surface area contributed by atoms with E-state index in [4.69, 9.17) is 5.73 Å². The number of carbonyl (C=O) groups excluding carboxylic acids is 1. The first-order chi connectivity index (χ1) is 8.99. The minimum atomic E-state index is -0.253. The molecule has 0 radical (unpaired) electrons. The Labute approximate surface area is 127 Å². The van der Waals surface area contributed by atoms with E-state index in [2.05, 4.69) is 42.2 Å². The minimum absolute atomic E-state index is 0.253. The van der Waals surface area contributed by atoms with E-state index in [1.165, 1.54) is 0 Å². The summed E-state index contributed by atoms with van der Waals surface area (Å²) in [5.41, 5.74) is 7.63. The molecule has 6 heteroatoms. The molecule has 1 heterocycles. The van der Waals surface area contributed by atoms with Crippen molar-refractivity contribution in [2.45, 2.75) is 6.92 Å². The van der Waals surface area contributed by atoms with Crippen LogP contribution in [0, 0.1) is 6.92 Å². The highest BCUT2D eigenvalue weighted by molar-refractivity contribution is 9.11. The summed E-state index contributed by atoms with van der Waals surface area (Å²) in [4.78, 5) is 16.3. The van der Waals surface area contributed by atoms with Crippen LogP contribution in [0.5, 0.6) is 0 Å². The number of hydrogen-bond donors (Lipinski definition) is 2. The maximum absolute atomic E-state index is 12.2. The van der Waals surface area contributed by atoms with E-state index in [1.54, 1.807) is 24.4 Å². The second-order valence-electron chi connectivity index (χ2n) is 3.98. The lowest BCUT2D eigenvalue weighted by Gasteiger charge is -2.09. The number of nitrogens with two attached hydrogens (primary N) is 1. The first-order valence-electron chi connectivity index (χ1n) is 5.46. The predicted octanol–water partition coefficient (Wildman–Crippen LogP) is 3.75. The molecule has 0 aliphatic rings. The van der Waals surface area contributed by atoms with Crippen molar-refractivity contribution in [3.63, 3.8) is 0 Å². The fourth-order valence-corrected chi connectivity index (χ4v) is 2.46. The van der Waals surface area contributed by atoms with E-state index < -0.39 is 0 Å². The van der Waals surface area contributed by atoms with E-state index in [1.807, 2.05) is 13.0 Å². The van der Waals surface area contributed by atoms with E-state index in [9.17, 15) is 4.79 Å². The number of pyridine rings is 1. The number of rotatable bonds is 2. The zero-order valence-electron chi connectivity index (χ0n) is 10.1. The third-order valence-electron chi connectivity index (χ3n) is 2.55. The summed E-state index contributed by atoms with van der Waals surface area (Å²) in [5, 5.41) is 2.77. The lowest BCUT2D eigenvalue weighted by Crippen LogP contribution is -2.15. The molecule has 3 N–H and O–H groups in total. The topological polar surface area (TPSA) is 68.0 Å². The smallest absolute Gasteiger partial charge is 0.258 e. The van der Waals surface area contributed by atoms with Crippen molar-refractivity contribution in [1.82, 2.24) is 4.98 Å². The predicted molar refractivity (Wildman–Crippen MR) is 83.2 cm³/mol. The zero-order valence-corrected chi connectivity index (χ0v) is 13.2. The number of aryl methyl sites for hydroxylation is 1. The Bertz CT molecular complexity index is 644. The van der Waals surface area contributed by atoms with Gasteiger partial charge in [0.15, 0.2) is 0 Å². The zero-order chi connectivity index (χ0) is 14.0. The minimum Gasteiger partial charge on any atom is -0.398 e. The average molecular weight is 385 g/mol. The lowest BCUT2D eigenvalue weighted by atomic mass is 10.2. The molecule has 0 unspecified atom stereocenters. The van der Waals surface area contributed by atoms with Gasteiger partial charge in [-0.3, -0.25) is 4.79 Å². The Kier molecular flexibility index (Phi) is 4.21. The Morgan fingerprint density at radius 1 is 1.37 bits per heavy atom. The number of aromatic nitrogens is 1. The van der Waals surface area contributed by atoms with Gasteiger partial charge in [0, 0.05) is 16.4 Å². The number of halogens is 2. The normalized spacial score (nSPS) is 10.3. The molecular weight excluding hydrogens is 374 g/mol. The molecule has 4 nitrogen and oxygen atoms in total. The Morgan fingerprint density at radius 3 is 2.79 bits per heavy atom. The molecule has 0 aliphatic heterocycles. The summed E-state index contributed by atoms with van der Waals surface area (Å²) in [6.07, 6.45) is 1.64. The van der Waals surface area contributed by atoms with Crippen molar-refractivity contribution in [1.29, 1.82) is 0 Å². The highest BCUT2D eigenvalue weighted by Crippen LogP contribution is 2.25. The van der Waals surface area contributed by atoms with Gasteiger partial charge in [-0.2, -0.15) is 0 Å². The molecule has 19 heavy (non-hydrogen) atoms. The molecule has 0 saturated carbocycles. The van der Waals surface area contributed by atoms with Crippen molar-refractivity contribution in [3.8, 4) is 0 Å². The van der Waals surface area contributed by atoms with Crippen LogP contribution in [0.25, 0.3) is 0 Å². The van der Waals surface area contributed by atoms with Gasteiger partial charge in [0.2, 0.25) is 0 Å². The molecule has 0 atom stereocenters. The average Bonchev–Trinajstić information content (AvgIpc) is 2.36. The largest absolute Gasteiger partial charge is 0.398 e. The van der Waals surface area contributed by atoms with Crippen LogP contribution >= 0.6 is 31.9 Å². The van der Waals surface area contributed by atoms with Gasteiger partial charge in [-0.25, -0.2) is 4.98 Å². The van der Waals surface area contributed by atoms with Gasteiger partial charge in [-0.1, -0.05) is 6.07 Å². The monoisotopic (exact) mass is 383 g/mol. The van der Waals surface area contributed by atoms with E-state index >= 15 is 0 Å². The maximum atomic E-state index is 12.2. The van der Waals surface area contributed by atoms with Crippen molar-refractivity contribution in [3.05, 3.63) is 50.5 Å². The number of hydrogen-bond acceptors (Lipinski definition) is 3. The van der Waals surface area contributed by atoms with Gasteiger partial charge in [0.1, 0.15) is 5.82 Å². The molecular formula is C13H11Br2N3O. The third kappa shape index (κ3) is 3.13. The second-order valence-corrected chi connectivity index (χ2v) is 5.69. The summed E-state index contributed by atoms with van der Waals surface area (Å²) in [6.45, 7) is 1.88. The van der Waals surface area contributed by atoms with Gasteiger partial charge in [0.05, 0.1) is 10.0 Å². The number of nitrogen functional groups attached to an aromatic ring is 1. The Balaban J connectivity index is 2.28. The number of nitrogens with zero attached hydrogens (tertiary/aromatic N) is 1. The Hall–Kier alpha value is -1.40. The van der Waals surface area contributed by atoms with E-state index in [0.717, 1.165) is 10.0 Å². The van der Waals surface area contributed by atoms with Crippen molar-refractivity contribution in [2.75, 3.05) is 11.1 Å². The number of amides is 1. The molecule has 0 spiro atoms. The lowest BCUT2D eigenvalue weighted by molar-refractivity contribution is 0.102. The molecule has 2 aromatic rings. The molecule has 0 saturated heterocycles. The van der Waals surface area contributed by atoms with E-state index in [0.29, 0.717) is 21.5 Å². The molecule has 2 rings (SSSR count). The fourth-order valence-electron chi connectivity index (χ4n) is 1.57. The van der Waals surface area contributed by atoms with Gasteiger partial charge < -0.3 is 11.1 Å². The van der Waals surface area contributed by atoms with Crippen LogP contribution in [0.15, 0.2) is 39.4 Å². The molecule has 1 aromatic carbocycles. The highest BCUT2D eigenvalue weighted by atomic mass is 79.9. The van der Waals surface area contributed by atoms with Gasteiger partial charge >= 0.3 is 0 Å². The molecule has 1 aromatic heterocycles. The van der Waals surface area contributed by atoms with Crippen LogP contribution in [0.2, 0.25) is 0 Å². The number of nitrogens with one attached hydrogen (secondary N) is 1.